The fraction of sp³-hybridized carbons (Fsp3) is 0.625. The minimum atomic E-state index is -0.158. The van der Waals surface area contributed by atoms with Gasteiger partial charge in [-0.2, -0.15) is 0 Å². The van der Waals surface area contributed by atoms with Crippen molar-refractivity contribution in [1.82, 2.24) is 5.32 Å². The van der Waals surface area contributed by atoms with Gasteiger partial charge >= 0.3 is 0 Å². The van der Waals surface area contributed by atoms with Crippen LogP contribution < -0.4 is 5.32 Å². The van der Waals surface area contributed by atoms with Crippen LogP contribution in [-0.2, 0) is 4.74 Å². The maximum Gasteiger partial charge on any atom is 0.123 e. The number of hydrogen-bond donors (Lipinski definition) is 1. The monoisotopic (exact) mass is 265 g/mol. The Morgan fingerprint density at radius 1 is 1.42 bits per heavy atom. The highest BCUT2D eigenvalue weighted by molar-refractivity contribution is 5.20. The molecule has 1 aromatic rings. The molecule has 1 aliphatic rings. The highest BCUT2D eigenvalue weighted by Crippen LogP contribution is 2.24. The van der Waals surface area contributed by atoms with Crippen molar-refractivity contribution in [2.75, 3.05) is 13.2 Å². The third-order valence-corrected chi connectivity index (χ3v) is 3.75. The maximum atomic E-state index is 13.3. The van der Waals surface area contributed by atoms with Gasteiger partial charge in [0, 0.05) is 12.6 Å². The summed E-state index contributed by atoms with van der Waals surface area (Å²) in [5, 5.41) is 3.44. The fourth-order valence-corrected chi connectivity index (χ4v) is 2.74. The average Bonchev–Trinajstić information content (AvgIpc) is 2.44. The van der Waals surface area contributed by atoms with Gasteiger partial charge in [0.25, 0.3) is 0 Å². The molecule has 19 heavy (non-hydrogen) atoms. The van der Waals surface area contributed by atoms with Gasteiger partial charge in [0.2, 0.25) is 0 Å². The lowest BCUT2D eigenvalue weighted by Crippen LogP contribution is -2.25. The van der Waals surface area contributed by atoms with E-state index in [2.05, 4.69) is 12.2 Å². The van der Waals surface area contributed by atoms with E-state index < -0.39 is 0 Å². The van der Waals surface area contributed by atoms with Crippen LogP contribution in [0.3, 0.4) is 0 Å². The third kappa shape index (κ3) is 4.59. The van der Waals surface area contributed by atoms with Crippen LogP contribution >= 0.6 is 0 Å². The topological polar surface area (TPSA) is 21.3 Å². The van der Waals surface area contributed by atoms with E-state index in [1.807, 2.05) is 6.07 Å². The van der Waals surface area contributed by atoms with Gasteiger partial charge in [0.05, 0.1) is 6.10 Å². The van der Waals surface area contributed by atoms with Crippen molar-refractivity contribution in [1.29, 1.82) is 0 Å². The molecule has 0 radical (unpaired) electrons. The molecule has 106 valence electrons. The number of nitrogens with one attached hydrogen (secondary N) is 1. The van der Waals surface area contributed by atoms with E-state index in [1.54, 1.807) is 12.1 Å². The second kappa shape index (κ2) is 7.61. The Morgan fingerprint density at radius 2 is 2.32 bits per heavy atom. The molecule has 1 fully saturated rings. The fourth-order valence-electron chi connectivity index (χ4n) is 2.74. The number of benzene rings is 1. The van der Waals surface area contributed by atoms with Gasteiger partial charge in [-0.05, 0) is 56.3 Å². The van der Waals surface area contributed by atoms with E-state index in [9.17, 15) is 4.39 Å². The van der Waals surface area contributed by atoms with Crippen LogP contribution in [0.2, 0.25) is 0 Å². The Labute approximate surface area is 115 Å². The molecule has 1 N–H and O–H groups in total. The van der Waals surface area contributed by atoms with Gasteiger partial charge in [-0.15, -0.1) is 0 Å². The molecule has 0 spiro atoms. The van der Waals surface area contributed by atoms with Crippen molar-refractivity contribution < 1.29 is 9.13 Å². The van der Waals surface area contributed by atoms with Gasteiger partial charge in [-0.3, -0.25) is 0 Å². The highest BCUT2D eigenvalue weighted by atomic mass is 19.1. The Hall–Kier alpha value is -0.930. The summed E-state index contributed by atoms with van der Waals surface area (Å²) in [6.07, 6.45) is 6.08. The molecule has 1 heterocycles. The molecule has 2 nitrogen and oxygen atoms in total. The van der Waals surface area contributed by atoms with Crippen LogP contribution in [0.15, 0.2) is 24.3 Å². The summed E-state index contributed by atoms with van der Waals surface area (Å²) in [5.74, 6) is -0.158. The number of halogens is 1. The smallest absolute Gasteiger partial charge is 0.123 e. The zero-order chi connectivity index (χ0) is 13.5. The second-order valence-corrected chi connectivity index (χ2v) is 5.23. The zero-order valence-corrected chi connectivity index (χ0v) is 11.7. The summed E-state index contributed by atoms with van der Waals surface area (Å²) in [6.45, 7) is 3.88. The molecule has 2 unspecified atom stereocenters. The van der Waals surface area contributed by atoms with Crippen LogP contribution in [-0.4, -0.2) is 19.3 Å². The first-order valence-corrected chi connectivity index (χ1v) is 7.40. The summed E-state index contributed by atoms with van der Waals surface area (Å²) in [7, 11) is 0. The Bertz CT molecular complexity index is 377. The first kappa shape index (κ1) is 14.5. The van der Waals surface area contributed by atoms with Crippen molar-refractivity contribution in [3.8, 4) is 0 Å². The standard InChI is InChI=1S/C16H24FNO/c1-2-18-16(13-6-5-7-14(17)12-13)10-9-15-8-3-4-11-19-15/h5-7,12,15-16,18H,2-4,8-11H2,1H3. The number of ether oxygens (including phenoxy) is 1. The van der Waals surface area contributed by atoms with Crippen LogP contribution in [0.25, 0.3) is 0 Å². The molecule has 1 aromatic carbocycles. The van der Waals surface area contributed by atoms with Gasteiger partial charge in [-0.25, -0.2) is 4.39 Å². The van der Waals surface area contributed by atoms with Crippen molar-refractivity contribution in [2.24, 2.45) is 0 Å². The Kier molecular flexibility index (Phi) is 5.80. The lowest BCUT2D eigenvalue weighted by Gasteiger charge is -2.25. The van der Waals surface area contributed by atoms with Crippen molar-refractivity contribution in [3.05, 3.63) is 35.6 Å². The average molecular weight is 265 g/mol. The minimum absolute atomic E-state index is 0.158. The number of rotatable bonds is 6. The molecule has 1 aliphatic heterocycles. The van der Waals surface area contributed by atoms with Gasteiger partial charge in [-0.1, -0.05) is 19.1 Å². The first-order valence-electron chi connectivity index (χ1n) is 7.40. The van der Waals surface area contributed by atoms with Crippen LogP contribution in [0, 0.1) is 5.82 Å². The highest BCUT2D eigenvalue weighted by Gasteiger charge is 2.17. The van der Waals surface area contributed by atoms with Crippen molar-refractivity contribution in [2.45, 2.75) is 51.2 Å². The molecule has 0 amide bonds. The summed E-state index contributed by atoms with van der Waals surface area (Å²) in [6, 6.07) is 7.14. The molecule has 2 atom stereocenters. The van der Waals surface area contributed by atoms with Crippen molar-refractivity contribution in [3.63, 3.8) is 0 Å². The number of hydrogen-bond acceptors (Lipinski definition) is 2. The van der Waals surface area contributed by atoms with E-state index in [0.29, 0.717) is 6.10 Å². The van der Waals surface area contributed by atoms with E-state index in [0.717, 1.165) is 31.6 Å². The summed E-state index contributed by atoms with van der Waals surface area (Å²) < 4.78 is 19.1. The molecular weight excluding hydrogens is 241 g/mol. The largest absolute Gasteiger partial charge is 0.378 e. The first-order chi connectivity index (χ1) is 9.29. The van der Waals surface area contributed by atoms with Crippen LogP contribution in [0.1, 0.15) is 50.6 Å². The zero-order valence-electron chi connectivity index (χ0n) is 11.7. The Balaban J connectivity index is 1.91. The molecular formula is C16H24FNO. The predicted octanol–water partition coefficient (Wildman–Crippen LogP) is 3.83. The molecule has 0 bridgehead atoms. The van der Waals surface area contributed by atoms with Gasteiger partial charge in [0.15, 0.2) is 0 Å². The van der Waals surface area contributed by atoms with Crippen molar-refractivity contribution >= 4 is 0 Å². The maximum absolute atomic E-state index is 13.3. The molecule has 0 aliphatic carbocycles. The second-order valence-electron chi connectivity index (χ2n) is 5.23. The molecule has 3 heteroatoms. The predicted molar refractivity (Wildman–Crippen MR) is 75.6 cm³/mol. The van der Waals surface area contributed by atoms with E-state index in [4.69, 9.17) is 4.74 Å². The van der Waals surface area contributed by atoms with Gasteiger partial charge < -0.3 is 10.1 Å². The lowest BCUT2D eigenvalue weighted by atomic mass is 9.97. The quantitative estimate of drug-likeness (QED) is 0.844. The van der Waals surface area contributed by atoms with Crippen LogP contribution in [0.5, 0.6) is 0 Å². The minimum Gasteiger partial charge on any atom is -0.378 e. The lowest BCUT2D eigenvalue weighted by molar-refractivity contribution is 0.00856. The van der Waals surface area contributed by atoms with Crippen LogP contribution in [0.4, 0.5) is 4.39 Å². The molecule has 0 saturated carbocycles. The third-order valence-electron chi connectivity index (χ3n) is 3.75. The Morgan fingerprint density at radius 3 is 3.00 bits per heavy atom. The summed E-state index contributed by atoms with van der Waals surface area (Å²) >= 11 is 0. The van der Waals surface area contributed by atoms with E-state index in [-0.39, 0.29) is 11.9 Å². The summed E-state index contributed by atoms with van der Waals surface area (Å²) in [5.41, 5.74) is 1.04. The molecule has 0 aromatic heterocycles. The SMILES string of the molecule is CCNC(CCC1CCCCO1)c1cccc(F)c1. The van der Waals surface area contributed by atoms with E-state index >= 15 is 0 Å². The van der Waals surface area contributed by atoms with Gasteiger partial charge in [0.1, 0.15) is 5.82 Å². The van der Waals surface area contributed by atoms with E-state index in [1.165, 1.54) is 25.3 Å². The normalized spacial score (nSPS) is 21.3. The molecule has 1 saturated heterocycles. The molecule has 2 rings (SSSR count). The summed E-state index contributed by atoms with van der Waals surface area (Å²) in [4.78, 5) is 0.